The normalized spacial score (nSPS) is 19.7. The lowest BCUT2D eigenvalue weighted by Gasteiger charge is -2.23. The Morgan fingerprint density at radius 3 is 2.36 bits per heavy atom. The molecule has 8 heteroatoms. The molecular formula is C17H16N4O3S. The second-order valence-corrected chi connectivity index (χ2v) is 6.37. The van der Waals surface area contributed by atoms with Crippen LogP contribution < -0.4 is 5.43 Å². The minimum Gasteiger partial charge on any atom is -0.289 e. The lowest BCUT2D eigenvalue weighted by molar-refractivity contribution is -0.384. The second kappa shape index (κ2) is 6.56. The van der Waals surface area contributed by atoms with E-state index in [0.717, 1.165) is 5.69 Å². The Balaban J connectivity index is 1.93. The molecule has 1 aliphatic rings. The lowest BCUT2D eigenvalue weighted by atomic mass is 9.92. The largest absolute Gasteiger partial charge is 0.289 e. The van der Waals surface area contributed by atoms with Crippen LogP contribution in [0.1, 0.15) is 12.5 Å². The maximum Gasteiger partial charge on any atom is 0.279 e. The first-order valence-corrected chi connectivity index (χ1v) is 8.73. The summed E-state index contributed by atoms with van der Waals surface area (Å²) in [7, 11) is 0. The van der Waals surface area contributed by atoms with Gasteiger partial charge < -0.3 is 0 Å². The maximum atomic E-state index is 13.0. The van der Waals surface area contributed by atoms with E-state index in [1.54, 1.807) is 19.1 Å². The molecule has 0 bridgehead atoms. The molecule has 7 nitrogen and oxygen atoms in total. The molecule has 1 aliphatic heterocycles. The van der Waals surface area contributed by atoms with Gasteiger partial charge in [-0.3, -0.25) is 20.3 Å². The number of thioether (sulfide) groups is 1. The van der Waals surface area contributed by atoms with Gasteiger partial charge in [-0.15, -0.1) is 0 Å². The van der Waals surface area contributed by atoms with Crippen molar-refractivity contribution < 1.29 is 9.72 Å². The third kappa shape index (κ3) is 3.08. The van der Waals surface area contributed by atoms with E-state index in [0.29, 0.717) is 10.7 Å². The number of amidine groups is 1. The lowest BCUT2D eigenvalue weighted by Crippen LogP contribution is -2.42. The Hall–Kier alpha value is -2.87. The van der Waals surface area contributed by atoms with Gasteiger partial charge in [-0.2, -0.15) is 5.01 Å². The number of carbonyl (C=O) groups is 1. The molecule has 0 spiro atoms. The minimum atomic E-state index is -1.13. The van der Waals surface area contributed by atoms with Gasteiger partial charge in [0.05, 0.1) is 10.6 Å². The van der Waals surface area contributed by atoms with Crippen molar-refractivity contribution in [2.75, 3.05) is 11.7 Å². The number of rotatable bonds is 4. The van der Waals surface area contributed by atoms with Gasteiger partial charge in [-0.25, -0.2) is 4.99 Å². The maximum absolute atomic E-state index is 13.0. The summed E-state index contributed by atoms with van der Waals surface area (Å²) in [4.78, 5) is 27.9. The Labute approximate surface area is 148 Å². The van der Waals surface area contributed by atoms with Crippen LogP contribution in [0.2, 0.25) is 0 Å². The van der Waals surface area contributed by atoms with Crippen LogP contribution in [0.15, 0.2) is 59.6 Å². The fourth-order valence-electron chi connectivity index (χ4n) is 2.57. The summed E-state index contributed by atoms with van der Waals surface area (Å²) in [5.74, 6) is -0.241. The van der Waals surface area contributed by atoms with E-state index >= 15 is 0 Å². The fourth-order valence-corrected chi connectivity index (χ4v) is 3.15. The quantitative estimate of drug-likeness (QED) is 0.670. The number of anilines is 1. The first kappa shape index (κ1) is 17.0. The van der Waals surface area contributed by atoms with Crippen molar-refractivity contribution in [2.45, 2.75) is 12.5 Å². The van der Waals surface area contributed by atoms with Gasteiger partial charge in [0.1, 0.15) is 0 Å². The molecule has 0 aromatic heterocycles. The first-order valence-electron chi connectivity index (χ1n) is 7.51. The number of para-hydroxylation sites is 1. The van der Waals surface area contributed by atoms with Crippen LogP contribution in [0.4, 0.5) is 11.4 Å². The van der Waals surface area contributed by atoms with Gasteiger partial charge in [0.2, 0.25) is 0 Å². The highest BCUT2D eigenvalue weighted by atomic mass is 32.2. The Kier molecular flexibility index (Phi) is 4.45. The summed E-state index contributed by atoms with van der Waals surface area (Å²) in [6.45, 7) is 1.71. The molecule has 0 saturated heterocycles. The number of nitro benzene ring substituents is 1. The van der Waals surface area contributed by atoms with Crippen molar-refractivity contribution in [2.24, 2.45) is 4.99 Å². The number of nitrogens with one attached hydrogen (secondary N) is 1. The predicted molar refractivity (Wildman–Crippen MR) is 98.3 cm³/mol. The van der Waals surface area contributed by atoms with Gasteiger partial charge in [0.25, 0.3) is 11.6 Å². The zero-order valence-electron chi connectivity index (χ0n) is 13.7. The van der Waals surface area contributed by atoms with E-state index in [2.05, 4.69) is 10.4 Å². The molecular weight excluding hydrogens is 340 g/mol. The average molecular weight is 356 g/mol. The number of carbonyl (C=O) groups excluding carboxylic acids is 1. The molecule has 128 valence electrons. The third-order valence-corrected chi connectivity index (χ3v) is 4.61. The molecule has 0 fully saturated rings. The number of hydrogen-bond acceptors (Lipinski definition) is 6. The number of hydrazine groups is 1. The van der Waals surface area contributed by atoms with Gasteiger partial charge in [0, 0.05) is 12.1 Å². The molecule has 1 heterocycles. The zero-order chi connectivity index (χ0) is 18.0. The molecule has 0 radical (unpaired) electrons. The fraction of sp³-hybridized carbons (Fsp3) is 0.176. The summed E-state index contributed by atoms with van der Waals surface area (Å²) in [6, 6.07) is 15.3. The van der Waals surface area contributed by atoms with Crippen molar-refractivity contribution in [3.05, 3.63) is 70.3 Å². The highest BCUT2D eigenvalue weighted by Gasteiger charge is 2.46. The van der Waals surface area contributed by atoms with Gasteiger partial charge in [-0.05, 0) is 43.0 Å². The van der Waals surface area contributed by atoms with E-state index in [1.807, 2.05) is 36.6 Å². The van der Waals surface area contributed by atoms with Crippen LogP contribution in [-0.2, 0) is 10.3 Å². The highest BCUT2D eigenvalue weighted by Crippen LogP contribution is 2.36. The summed E-state index contributed by atoms with van der Waals surface area (Å²) in [5.41, 5.74) is 3.29. The predicted octanol–water partition coefficient (Wildman–Crippen LogP) is 3.40. The van der Waals surface area contributed by atoms with Gasteiger partial charge >= 0.3 is 0 Å². The van der Waals surface area contributed by atoms with Crippen LogP contribution in [0, 0.1) is 10.1 Å². The molecule has 0 aliphatic carbocycles. The summed E-state index contributed by atoms with van der Waals surface area (Å²) in [5, 5.41) is 12.8. The van der Waals surface area contributed by atoms with Crippen molar-refractivity contribution in [1.29, 1.82) is 0 Å². The summed E-state index contributed by atoms with van der Waals surface area (Å²) in [6.07, 6.45) is 1.84. The molecule has 25 heavy (non-hydrogen) atoms. The molecule has 2 aromatic carbocycles. The number of nitro groups is 1. The molecule has 1 N–H and O–H groups in total. The van der Waals surface area contributed by atoms with Gasteiger partial charge in [0.15, 0.2) is 10.7 Å². The SMILES string of the molecule is CSC1=N[C@](C)(c2ccc([N+](=O)[O-])cc2)C(=O)N1Nc1ccccc1. The van der Waals surface area contributed by atoms with E-state index in [-0.39, 0.29) is 11.6 Å². The first-order chi connectivity index (χ1) is 12.0. The zero-order valence-corrected chi connectivity index (χ0v) is 14.5. The minimum absolute atomic E-state index is 0.0221. The van der Waals surface area contributed by atoms with Gasteiger partial charge in [-0.1, -0.05) is 30.0 Å². The molecule has 0 saturated carbocycles. The third-order valence-electron chi connectivity index (χ3n) is 3.97. The van der Waals surface area contributed by atoms with Crippen LogP contribution in [0.25, 0.3) is 0 Å². The summed E-state index contributed by atoms with van der Waals surface area (Å²) < 4.78 is 0. The topological polar surface area (TPSA) is 87.8 Å². The molecule has 0 unspecified atom stereocenters. The van der Waals surface area contributed by atoms with Crippen LogP contribution >= 0.6 is 11.8 Å². The molecule has 2 aromatic rings. The van der Waals surface area contributed by atoms with E-state index < -0.39 is 10.5 Å². The number of nitrogens with zero attached hydrogens (tertiary/aromatic N) is 3. The van der Waals surface area contributed by atoms with Crippen molar-refractivity contribution in [1.82, 2.24) is 5.01 Å². The van der Waals surface area contributed by atoms with Crippen molar-refractivity contribution in [3.8, 4) is 0 Å². The summed E-state index contributed by atoms with van der Waals surface area (Å²) >= 11 is 1.35. The Bertz CT molecular complexity index is 839. The number of benzene rings is 2. The average Bonchev–Trinajstić information content (AvgIpc) is 2.88. The van der Waals surface area contributed by atoms with E-state index in [4.69, 9.17) is 0 Å². The molecule has 1 amide bonds. The number of non-ortho nitro benzene ring substituents is 1. The van der Waals surface area contributed by atoms with E-state index in [1.165, 1.54) is 28.9 Å². The highest BCUT2D eigenvalue weighted by molar-refractivity contribution is 8.13. The van der Waals surface area contributed by atoms with E-state index in [9.17, 15) is 14.9 Å². The smallest absolute Gasteiger partial charge is 0.279 e. The number of aliphatic imine (C=N–C) groups is 1. The van der Waals surface area contributed by atoms with Crippen LogP contribution in [0.3, 0.4) is 0 Å². The number of hydrogen-bond donors (Lipinski definition) is 1. The molecule has 3 rings (SSSR count). The van der Waals surface area contributed by atoms with Crippen LogP contribution in [0.5, 0.6) is 0 Å². The Morgan fingerprint density at radius 1 is 1.16 bits per heavy atom. The van der Waals surface area contributed by atoms with Crippen molar-refractivity contribution in [3.63, 3.8) is 0 Å². The van der Waals surface area contributed by atoms with Crippen LogP contribution in [-0.4, -0.2) is 27.3 Å². The number of amides is 1. The Morgan fingerprint density at radius 2 is 1.80 bits per heavy atom. The van der Waals surface area contributed by atoms with Crippen molar-refractivity contribution >= 4 is 34.2 Å². The molecule has 1 atom stereocenters. The standard InChI is InChI=1S/C17H16N4O3S/c1-17(12-8-10-14(11-9-12)21(23)24)15(22)20(16(18-17)25-2)19-13-6-4-3-5-7-13/h3-11,19H,1-2H3/t17-/m1/s1. The monoisotopic (exact) mass is 356 g/mol. The second-order valence-electron chi connectivity index (χ2n) is 5.59.